The minimum absolute atomic E-state index is 0.0988. The first-order valence-electron chi connectivity index (χ1n) is 7.85. The number of hydrogen-bond acceptors (Lipinski definition) is 2. The van der Waals surface area contributed by atoms with Gasteiger partial charge in [0.1, 0.15) is 5.65 Å². The van der Waals surface area contributed by atoms with Crippen LogP contribution in [0.15, 0.2) is 54.9 Å². The van der Waals surface area contributed by atoms with Crippen LogP contribution in [0, 0.1) is 0 Å². The Bertz CT molecular complexity index is 828. The number of rotatable bonds is 5. The molecule has 0 fully saturated rings. The number of urea groups is 1. The number of halogens is 1. The summed E-state index contributed by atoms with van der Waals surface area (Å²) in [6.45, 7) is 3.56. The van der Waals surface area contributed by atoms with Gasteiger partial charge in [-0.15, -0.1) is 0 Å². The quantitative estimate of drug-likeness (QED) is 0.768. The van der Waals surface area contributed by atoms with Crippen LogP contribution in [0.2, 0.25) is 5.02 Å². The molecule has 0 unspecified atom stereocenters. The molecule has 2 heterocycles. The van der Waals surface area contributed by atoms with Gasteiger partial charge < -0.3 is 14.6 Å². The highest BCUT2D eigenvalue weighted by Crippen LogP contribution is 2.11. The average molecular weight is 343 g/mol. The third-order valence-corrected chi connectivity index (χ3v) is 4.12. The van der Waals surface area contributed by atoms with Gasteiger partial charge in [-0.2, -0.15) is 0 Å². The van der Waals surface area contributed by atoms with Crippen LogP contribution in [-0.2, 0) is 13.1 Å². The standard InChI is InChI=1S/C18H19ClN4O/c1-2-22(13-16-12-20-17-5-3-4-10-23(16)17)18(24)21-11-14-6-8-15(19)9-7-14/h3-10,12H,2,11,13H2,1H3,(H,21,24). The summed E-state index contributed by atoms with van der Waals surface area (Å²) in [5, 5.41) is 3.63. The molecule has 2 amide bonds. The second kappa shape index (κ2) is 7.36. The third-order valence-electron chi connectivity index (χ3n) is 3.87. The molecule has 0 saturated carbocycles. The highest BCUT2D eigenvalue weighted by atomic mass is 35.5. The molecular weight excluding hydrogens is 324 g/mol. The minimum atomic E-state index is -0.0988. The van der Waals surface area contributed by atoms with Crippen LogP contribution in [0.1, 0.15) is 18.2 Å². The third kappa shape index (κ3) is 3.68. The van der Waals surface area contributed by atoms with Gasteiger partial charge in [0.05, 0.1) is 18.4 Å². The SMILES string of the molecule is CCN(Cc1cnc2ccccn12)C(=O)NCc1ccc(Cl)cc1. The molecule has 0 radical (unpaired) electrons. The van der Waals surface area contributed by atoms with E-state index < -0.39 is 0 Å². The zero-order chi connectivity index (χ0) is 16.9. The topological polar surface area (TPSA) is 49.6 Å². The Labute approximate surface area is 145 Å². The fourth-order valence-electron chi connectivity index (χ4n) is 2.52. The number of nitrogens with zero attached hydrogens (tertiary/aromatic N) is 3. The van der Waals surface area contributed by atoms with Gasteiger partial charge in [-0.3, -0.25) is 0 Å². The number of fused-ring (bicyclic) bond motifs is 1. The van der Waals surface area contributed by atoms with Gasteiger partial charge >= 0.3 is 6.03 Å². The average Bonchev–Trinajstić information content (AvgIpc) is 3.02. The summed E-state index contributed by atoms with van der Waals surface area (Å²) in [5.74, 6) is 0. The maximum absolute atomic E-state index is 12.4. The minimum Gasteiger partial charge on any atom is -0.334 e. The molecule has 6 heteroatoms. The summed E-state index contributed by atoms with van der Waals surface area (Å²) in [6.07, 6.45) is 3.77. The van der Waals surface area contributed by atoms with Crippen molar-refractivity contribution in [2.45, 2.75) is 20.0 Å². The molecule has 24 heavy (non-hydrogen) atoms. The van der Waals surface area contributed by atoms with E-state index in [1.165, 1.54) is 0 Å². The first kappa shape index (κ1) is 16.3. The second-order valence-electron chi connectivity index (χ2n) is 5.48. The van der Waals surface area contributed by atoms with Crippen LogP contribution < -0.4 is 5.32 Å². The van der Waals surface area contributed by atoms with Gasteiger partial charge in [0.15, 0.2) is 0 Å². The van der Waals surface area contributed by atoms with Gasteiger partial charge in [0, 0.05) is 24.3 Å². The number of hydrogen-bond donors (Lipinski definition) is 1. The van der Waals surface area contributed by atoms with E-state index in [2.05, 4.69) is 10.3 Å². The van der Waals surface area contributed by atoms with Crippen molar-refractivity contribution in [3.63, 3.8) is 0 Å². The van der Waals surface area contributed by atoms with Crippen molar-refractivity contribution >= 4 is 23.3 Å². The number of benzene rings is 1. The van der Waals surface area contributed by atoms with E-state index in [0.717, 1.165) is 16.9 Å². The van der Waals surface area contributed by atoms with E-state index >= 15 is 0 Å². The fraction of sp³-hybridized carbons (Fsp3) is 0.222. The molecule has 3 aromatic rings. The lowest BCUT2D eigenvalue weighted by Gasteiger charge is -2.21. The summed E-state index contributed by atoms with van der Waals surface area (Å²) in [5.41, 5.74) is 2.87. The smallest absolute Gasteiger partial charge is 0.318 e. The molecule has 0 atom stereocenters. The normalized spacial score (nSPS) is 10.8. The summed E-state index contributed by atoms with van der Waals surface area (Å²) >= 11 is 5.87. The van der Waals surface area contributed by atoms with Gasteiger partial charge in [-0.1, -0.05) is 29.8 Å². The van der Waals surface area contributed by atoms with Gasteiger partial charge in [0.25, 0.3) is 0 Å². The van der Waals surface area contributed by atoms with E-state index in [-0.39, 0.29) is 6.03 Å². The lowest BCUT2D eigenvalue weighted by Crippen LogP contribution is -2.39. The van der Waals surface area contributed by atoms with Crippen molar-refractivity contribution in [3.8, 4) is 0 Å². The maximum Gasteiger partial charge on any atom is 0.318 e. The number of carbonyl (C=O) groups excluding carboxylic acids is 1. The molecule has 124 valence electrons. The molecule has 0 aliphatic rings. The van der Waals surface area contributed by atoms with Crippen LogP contribution in [-0.4, -0.2) is 26.9 Å². The molecule has 0 spiro atoms. The van der Waals surface area contributed by atoms with Crippen LogP contribution in [0.4, 0.5) is 4.79 Å². The Morgan fingerprint density at radius 1 is 1.25 bits per heavy atom. The number of amides is 2. The first-order valence-corrected chi connectivity index (χ1v) is 8.23. The Kier molecular flexibility index (Phi) is 5.01. The second-order valence-corrected chi connectivity index (χ2v) is 5.91. The summed E-state index contributed by atoms with van der Waals surface area (Å²) in [7, 11) is 0. The van der Waals surface area contributed by atoms with Crippen LogP contribution >= 0.6 is 11.6 Å². The lowest BCUT2D eigenvalue weighted by atomic mass is 10.2. The highest BCUT2D eigenvalue weighted by molar-refractivity contribution is 6.30. The van der Waals surface area contributed by atoms with Gasteiger partial charge in [-0.25, -0.2) is 9.78 Å². The van der Waals surface area contributed by atoms with Crippen LogP contribution in [0.25, 0.3) is 5.65 Å². The zero-order valence-corrected chi connectivity index (χ0v) is 14.2. The summed E-state index contributed by atoms with van der Waals surface area (Å²) < 4.78 is 2.00. The largest absolute Gasteiger partial charge is 0.334 e. The zero-order valence-electron chi connectivity index (χ0n) is 13.4. The van der Waals surface area contributed by atoms with E-state index in [0.29, 0.717) is 24.7 Å². The molecule has 3 rings (SSSR count). The predicted octanol–water partition coefficient (Wildman–Crippen LogP) is 3.72. The Balaban J connectivity index is 1.64. The summed E-state index contributed by atoms with van der Waals surface area (Å²) in [6, 6.07) is 13.2. The number of pyridine rings is 1. The van der Waals surface area contributed by atoms with Crippen molar-refractivity contribution in [3.05, 3.63) is 71.1 Å². The Morgan fingerprint density at radius 3 is 2.79 bits per heavy atom. The molecular formula is C18H19ClN4O. The van der Waals surface area contributed by atoms with Crippen LogP contribution in [0.3, 0.4) is 0 Å². The number of aromatic nitrogens is 2. The molecule has 5 nitrogen and oxygen atoms in total. The Morgan fingerprint density at radius 2 is 2.04 bits per heavy atom. The first-order chi connectivity index (χ1) is 11.7. The van der Waals surface area contributed by atoms with Crippen molar-refractivity contribution < 1.29 is 4.79 Å². The van der Waals surface area contributed by atoms with Crippen molar-refractivity contribution in [2.24, 2.45) is 0 Å². The summed E-state index contributed by atoms with van der Waals surface area (Å²) in [4.78, 5) is 18.6. The molecule has 0 bridgehead atoms. The monoisotopic (exact) mass is 342 g/mol. The number of imidazole rings is 1. The molecule has 1 N–H and O–H groups in total. The van der Waals surface area contributed by atoms with Crippen molar-refractivity contribution in [1.29, 1.82) is 0 Å². The van der Waals surface area contributed by atoms with Crippen molar-refractivity contribution in [1.82, 2.24) is 19.6 Å². The Hall–Kier alpha value is -2.53. The van der Waals surface area contributed by atoms with E-state index in [9.17, 15) is 4.79 Å². The van der Waals surface area contributed by atoms with E-state index in [1.807, 2.05) is 66.2 Å². The number of carbonyl (C=O) groups is 1. The molecule has 1 aromatic carbocycles. The van der Waals surface area contributed by atoms with E-state index in [1.54, 1.807) is 4.90 Å². The highest BCUT2D eigenvalue weighted by Gasteiger charge is 2.14. The van der Waals surface area contributed by atoms with Gasteiger partial charge in [0.2, 0.25) is 0 Å². The van der Waals surface area contributed by atoms with Crippen LogP contribution in [0.5, 0.6) is 0 Å². The maximum atomic E-state index is 12.4. The van der Waals surface area contributed by atoms with Gasteiger partial charge in [-0.05, 0) is 36.8 Å². The molecule has 2 aromatic heterocycles. The molecule has 0 aliphatic heterocycles. The van der Waals surface area contributed by atoms with E-state index in [4.69, 9.17) is 11.6 Å². The predicted molar refractivity (Wildman–Crippen MR) is 95.0 cm³/mol. The number of nitrogens with one attached hydrogen (secondary N) is 1. The fourth-order valence-corrected chi connectivity index (χ4v) is 2.64. The lowest BCUT2D eigenvalue weighted by molar-refractivity contribution is 0.197. The van der Waals surface area contributed by atoms with Crippen molar-refractivity contribution in [2.75, 3.05) is 6.54 Å². The molecule has 0 saturated heterocycles. The molecule has 0 aliphatic carbocycles.